The lowest BCUT2D eigenvalue weighted by Gasteiger charge is -2.47. The molecule has 1 saturated carbocycles. The number of rotatable bonds is 5. The summed E-state index contributed by atoms with van der Waals surface area (Å²) in [7, 11) is 4.37. The molecule has 4 nitrogen and oxygen atoms in total. The van der Waals surface area contributed by atoms with Gasteiger partial charge in [-0.2, -0.15) is 0 Å². The van der Waals surface area contributed by atoms with Crippen LogP contribution in [-0.4, -0.2) is 44.3 Å². The first-order chi connectivity index (χ1) is 9.71. The van der Waals surface area contributed by atoms with Crippen molar-refractivity contribution < 1.29 is 9.47 Å². The predicted octanol–water partition coefficient (Wildman–Crippen LogP) is 2.03. The number of ether oxygens (including phenoxy) is 2. The molecular weight excluding hydrogens is 252 g/mol. The summed E-state index contributed by atoms with van der Waals surface area (Å²) in [5, 5.41) is 3.60. The molecule has 0 atom stereocenters. The lowest BCUT2D eigenvalue weighted by atomic mass is 9.75. The highest BCUT2D eigenvalue weighted by molar-refractivity contribution is 5.47. The molecule has 0 radical (unpaired) electrons. The minimum absolute atomic E-state index is 0.353. The normalized spacial score (nSPS) is 19.8. The van der Waals surface area contributed by atoms with Gasteiger partial charge in [0.25, 0.3) is 0 Å². The standard InChI is InChI=1S/C16H24N2O2/c1-18(2)16(7-4-8-16)12-17-11-13-5-3-6-14-15(13)20-10-9-19-14/h3,5-6,17H,4,7-12H2,1-2H3. The number of benzene rings is 1. The molecule has 1 aliphatic heterocycles. The van der Waals surface area contributed by atoms with E-state index >= 15 is 0 Å². The number of para-hydroxylation sites is 1. The molecule has 110 valence electrons. The Kier molecular flexibility index (Phi) is 3.85. The Morgan fingerprint density at radius 3 is 2.70 bits per heavy atom. The van der Waals surface area contributed by atoms with Gasteiger partial charge in [-0.25, -0.2) is 0 Å². The quantitative estimate of drug-likeness (QED) is 0.892. The Balaban J connectivity index is 1.61. The average Bonchev–Trinajstić information content (AvgIpc) is 2.41. The van der Waals surface area contributed by atoms with Crippen LogP contribution >= 0.6 is 0 Å². The lowest BCUT2D eigenvalue weighted by Crippen LogP contribution is -2.56. The van der Waals surface area contributed by atoms with Gasteiger partial charge in [0.2, 0.25) is 0 Å². The van der Waals surface area contributed by atoms with Crippen LogP contribution in [0.2, 0.25) is 0 Å². The van der Waals surface area contributed by atoms with Gasteiger partial charge in [-0.1, -0.05) is 12.1 Å². The highest BCUT2D eigenvalue weighted by Crippen LogP contribution is 2.36. The molecule has 0 saturated heterocycles. The van der Waals surface area contributed by atoms with Crippen LogP contribution in [0, 0.1) is 0 Å². The number of nitrogens with one attached hydrogen (secondary N) is 1. The van der Waals surface area contributed by atoms with E-state index < -0.39 is 0 Å². The molecule has 0 spiro atoms. The Labute approximate surface area is 121 Å². The predicted molar refractivity (Wildman–Crippen MR) is 79.4 cm³/mol. The van der Waals surface area contributed by atoms with Gasteiger partial charge in [0.1, 0.15) is 13.2 Å². The van der Waals surface area contributed by atoms with Crippen LogP contribution in [0.25, 0.3) is 0 Å². The molecule has 0 unspecified atom stereocenters. The molecule has 0 aromatic heterocycles. The van der Waals surface area contributed by atoms with E-state index in [-0.39, 0.29) is 0 Å². The van der Waals surface area contributed by atoms with Gasteiger partial charge in [-0.05, 0) is 39.4 Å². The SMILES string of the molecule is CN(C)C1(CNCc2cccc3c2OCCO3)CCC1. The van der Waals surface area contributed by atoms with Gasteiger partial charge in [0.15, 0.2) is 11.5 Å². The van der Waals surface area contributed by atoms with E-state index in [1.807, 2.05) is 12.1 Å². The first-order valence-electron chi connectivity index (χ1n) is 7.47. The third-order valence-corrected chi connectivity index (χ3v) is 4.65. The number of fused-ring (bicyclic) bond motifs is 1. The van der Waals surface area contributed by atoms with Crippen molar-refractivity contribution in [2.24, 2.45) is 0 Å². The lowest BCUT2D eigenvalue weighted by molar-refractivity contribution is 0.0597. The minimum atomic E-state index is 0.353. The fourth-order valence-corrected chi connectivity index (χ4v) is 3.07. The van der Waals surface area contributed by atoms with Crippen LogP contribution in [-0.2, 0) is 6.54 Å². The number of likely N-dealkylation sites (N-methyl/N-ethyl adjacent to an activating group) is 1. The second-order valence-electron chi connectivity index (χ2n) is 6.02. The molecule has 1 heterocycles. The molecule has 20 heavy (non-hydrogen) atoms. The van der Waals surface area contributed by atoms with Crippen molar-refractivity contribution in [3.63, 3.8) is 0 Å². The summed E-state index contributed by atoms with van der Waals surface area (Å²) in [5.41, 5.74) is 1.54. The molecule has 1 fully saturated rings. The topological polar surface area (TPSA) is 33.7 Å². The van der Waals surface area contributed by atoms with Crippen LogP contribution in [0.1, 0.15) is 24.8 Å². The second-order valence-corrected chi connectivity index (χ2v) is 6.02. The summed E-state index contributed by atoms with van der Waals surface area (Å²) >= 11 is 0. The summed E-state index contributed by atoms with van der Waals surface area (Å²) in [6.45, 7) is 3.16. The van der Waals surface area contributed by atoms with E-state index in [2.05, 4.69) is 30.4 Å². The summed E-state index contributed by atoms with van der Waals surface area (Å²) in [6.07, 6.45) is 3.93. The second kappa shape index (κ2) is 5.62. The maximum atomic E-state index is 5.75. The smallest absolute Gasteiger partial charge is 0.165 e. The zero-order valence-corrected chi connectivity index (χ0v) is 12.4. The van der Waals surface area contributed by atoms with Crippen molar-refractivity contribution in [1.29, 1.82) is 0 Å². The monoisotopic (exact) mass is 276 g/mol. The van der Waals surface area contributed by atoms with E-state index in [0.29, 0.717) is 18.8 Å². The van der Waals surface area contributed by atoms with Crippen molar-refractivity contribution in [3.8, 4) is 11.5 Å². The Hall–Kier alpha value is -1.26. The van der Waals surface area contributed by atoms with E-state index in [0.717, 1.165) is 24.6 Å². The fourth-order valence-electron chi connectivity index (χ4n) is 3.07. The molecule has 1 N–H and O–H groups in total. The summed E-state index contributed by atoms with van der Waals surface area (Å²) in [6, 6.07) is 6.13. The summed E-state index contributed by atoms with van der Waals surface area (Å²) < 4.78 is 11.4. The van der Waals surface area contributed by atoms with Gasteiger partial charge in [0, 0.05) is 24.2 Å². The zero-order valence-electron chi connectivity index (χ0n) is 12.4. The van der Waals surface area contributed by atoms with Crippen molar-refractivity contribution in [1.82, 2.24) is 10.2 Å². The third kappa shape index (κ3) is 2.50. The van der Waals surface area contributed by atoms with E-state index in [1.54, 1.807) is 0 Å². The highest BCUT2D eigenvalue weighted by atomic mass is 16.6. The molecule has 0 amide bonds. The highest BCUT2D eigenvalue weighted by Gasteiger charge is 2.38. The molecule has 4 heteroatoms. The van der Waals surface area contributed by atoms with Crippen LogP contribution in [0.3, 0.4) is 0 Å². The number of hydrogen-bond donors (Lipinski definition) is 1. The zero-order chi connectivity index (χ0) is 14.0. The van der Waals surface area contributed by atoms with E-state index in [4.69, 9.17) is 9.47 Å². The van der Waals surface area contributed by atoms with E-state index in [1.165, 1.54) is 24.8 Å². The maximum Gasteiger partial charge on any atom is 0.165 e. The first kappa shape index (κ1) is 13.7. The number of hydrogen-bond acceptors (Lipinski definition) is 4. The average molecular weight is 276 g/mol. The largest absolute Gasteiger partial charge is 0.486 e. The molecule has 2 aliphatic rings. The molecule has 1 aliphatic carbocycles. The first-order valence-corrected chi connectivity index (χ1v) is 7.47. The van der Waals surface area contributed by atoms with Crippen LogP contribution < -0.4 is 14.8 Å². The van der Waals surface area contributed by atoms with Crippen molar-refractivity contribution in [2.45, 2.75) is 31.3 Å². The van der Waals surface area contributed by atoms with Crippen LogP contribution in [0.15, 0.2) is 18.2 Å². The summed E-state index contributed by atoms with van der Waals surface area (Å²) in [4.78, 5) is 2.36. The van der Waals surface area contributed by atoms with Crippen LogP contribution in [0.5, 0.6) is 11.5 Å². The maximum absolute atomic E-state index is 5.75. The molecule has 1 aromatic carbocycles. The molecule has 3 rings (SSSR count). The molecular formula is C16H24N2O2. The van der Waals surface area contributed by atoms with Crippen molar-refractivity contribution >= 4 is 0 Å². The van der Waals surface area contributed by atoms with Gasteiger partial charge in [-0.3, -0.25) is 0 Å². The molecule has 0 bridgehead atoms. The van der Waals surface area contributed by atoms with Gasteiger partial charge >= 0.3 is 0 Å². The number of nitrogens with zero attached hydrogens (tertiary/aromatic N) is 1. The third-order valence-electron chi connectivity index (χ3n) is 4.65. The minimum Gasteiger partial charge on any atom is -0.486 e. The Morgan fingerprint density at radius 1 is 1.20 bits per heavy atom. The van der Waals surface area contributed by atoms with Gasteiger partial charge in [-0.15, -0.1) is 0 Å². The fraction of sp³-hybridized carbons (Fsp3) is 0.625. The van der Waals surface area contributed by atoms with Crippen LogP contribution in [0.4, 0.5) is 0 Å². The van der Waals surface area contributed by atoms with Gasteiger partial charge < -0.3 is 19.7 Å². The van der Waals surface area contributed by atoms with Gasteiger partial charge in [0.05, 0.1) is 0 Å². The molecule has 1 aromatic rings. The Morgan fingerprint density at radius 2 is 2.00 bits per heavy atom. The Bertz CT molecular complexity index is 470. The van der Waals surface area contributed by atoms with Crippen molar-refractivity contribution in [3.05, 3.63) is 23.8 Å². The van der Waals surface area contributed by atoms with Crippen molar-refractivity contribution in [2.75, 3.05) is 33.9 Å². The summed E-state index contributed by atoms with van der Waals surface area (Å²) in [5.74, 6) is 1.79. The van der Waals surface area contributed by atoms with E-state index in [9.17, 15) is 0 Å².